The summed E-state index contributed by atoms with van der Waals surface area (Å²) in [6, 6.07) is 0. The van der Waals surface area contributed by atoms with Crippen LogP contribution in [-0.4, -0.2) is 0 Å². The molecule has 4 rings (SSSR count). The molecule has 0 radical (unpaired) electrons. The Morgan fingerprint density at radius 2 is 1.26 bits per heavy atom. The molecule has 0 N–H and O–H groups in total. The Hall–Kier alpha value is -0.260. The molecular weight excluding hydrogens is 468 g/mol. The molecule has 0 nitrogen and oxygen atoms in total. The predicted octanol–water partition coefficient (Wildman–Crippen LogP) is 13.7. The molecule has 4 aliphatic carbocycles. The molecule has 0 bridgehead atoms. The zero-order chi connectivity index (χ0) is 28.7. The van der Waals surface area contributed by atoms with Gasteiger partial charge in [-0.1, -0.05) is 151 Å². The first-order chi connectivity index (χ1) is 18.9. The van der Waals surface area contributed by atoms with E-state index >= 15 is 0 Å². The minimum absolute atomic E-state index is 0.560. The number of fused-ring (bicyclic) bond motifs is 5. The van der Waals surface area contributed by atoms with Crippen molar-refractivity contribution in [2.24, 2.45) is 40.4 Å². The number of unbranched alkanes of at least 4 members (excludes halogenated alkanes) is 11. The van der Waals surface area contributed by atoms with Crippen molar-refractivity contribution < 1.29 is 0 Å². The van der Waals surface area contributed by atoms with Gasteiger partial charge in [-0.2, -0.15) is 0 Å². The summed E-state index contributed by atoms with van der Waals surface area (Å²) >= 11 is 0. The average molecular weight is 543 g/mol. The van der Waals surface area contributed by atoms with Crippen LogP contribution < -0.4 is 0 Å². The Morgan fingerprint density at radius 1 is 0.692 bits per heavy atom. The quantitative estimate of drug-likeness (QED) is 0.160. The third-order valence-corrected chi connectivity index (χ3v) is 12.0. The Labute approximate surface area is 248 Å². The van der Waals surface area contributed by atoms with Crippen LogP contribution in [0.3, 0.4) is 0 Å². The zero-order valence-corrected chi connectivity index (χ0v) is 28.5. The van der Waals surface area contributed by atoms with E-state index in [2.05, 4.69) is 47.6 Å². The molecule has 230 valence electrons. The lowest BCUT2D eigenvalue weighted by Crippen LogP contribution is -2.49. The average Bonchev–Trinajstić information content (AvgIpc) is 3.27. The molecule has 1 unspecified atom stereocenters. The highest BCUT2D eigenvalue weighted by atomic mass is 14.6. The smallest absolute Gasteiger partial charge is 0.00851 e. The molecule has 0 spiro atoms. The third-order valence-electron chi connectivity index (χ3n) is 12.0. The lowest BCUT2D eigenvalue weighted by Gasteiger charge is -2.58. The number of hydrogen-bond acceptors (Lipinski definition) is 0. The molecular formula is C39H74. The molecule has 4 aliphatic rings. The SMILES string of the molecule is CC.CCC.CCCCCCCCCCCCCC[C@H]1CC[C@H]2C3CC=C4C[C@@H](C)CC[C@]4(C)[C@H]3CC[C@]12C. The maximum atomic E-state index is 2.76. The summed E-state index contributed by atoms with van der Waals surface area (Å²) in [7, 11) is 0. The van der Waals surface area contributed by atoms with E-state index in [1.807, 2.05) is 19.4 Å². The minimum atomic E-state index is 0.560. The fourth-order valence-electron chi connectivity index (χ4n) is 9.66. The highest BCUT2D eigenvalue weighted by Crippen LogP contribution is 2.67. The van der Waals surface area contributed by atoms with Crippen LogP contribution in [-0.2, 0) is 0 Å². The Balaban J connectivity index is 0.000000998. The van der Waals surface area contributed by atoms with Crippen molar-refractivity contribution in [1.29, 1.82) is 0 Å². The lowest BCUT2D eigenvalue weighted by atomic mass is 9.47. The molecule has 7 atom stereocenters. The first-order valence-electron chi connectivity index (χ1n) is 18.6. The lowest BCUT2D eigenvalue weighted by molar-refractivity contribution is -0.0450. The molecule has 3 fully saturated rings. The molecule has 0 aromatic carbocycles. The van der Waals surface area contributed by atoms with Crippen molar-refractivity contribution in [3.8, 4) is 0 Å². The van der Waals surface area contributed by atoms with Crippen LogP contribution in [0.15, 0.2) is 11.6 Å². The number of hydrogen-bond donors (Lipinski definition) is 0. The van der Waals surface area contributed by atoms with Crippen molar-refractivity contribution in [2.75, 3.05) is 0 Å². The number of allylic oxidation sites excluding steroid dienone is 2. The summed E-state index contributed by atoms with van der Waals surface area (Å²) in [5.41, 5.74) is 3.11. The van der Waals surface area contributed by atoms with Gasteiger partial charge in [-0.3, -0.25) is 0 Å². The van der Waals surface area contributed by atoms with Gasteiger partial charge < -0.3 is 0 Å². The van der Waals surface area contributed by atoms with Crippen molar-refractivity contribution in [1.82, 2.24) is 0 Å². The van der Waals surface area contributed by atoms with Gasteiger partial charge in [0.15, 0.2) is 0 Å². The van der Waals surface area contributed by atoms with Crippen LogP contribution >= 0.6 is 0 Å². The summed E-state index contributed by atoms with van der Waals surface area (Å²) in [5, 5.41) is 0. The van der Waals surface area contributed by atoms with E-state index < -0.39 is 0 Å². The molecule has 0 heteroatoms. The van der Waals surface area contributed by atoms with Gasteiger partial charge in [0.25, 0.3) is 0 Å². The molecule has 0 amide bonds. The van der Waals surface area contributed by atoms with Crippen LogP contribution in [0.5, 0.6) is 0 Å². The molecule has 0 aliphatic heterocycles. The summed E-state index contributed by atoms with van der Waals surface area (Å²) in [6.45, 7) is 18.5. The van der Waals surface area contributed by atoms with Crippen molar-refractivity contribution in [3.63, 3.8) is 0 Å². The largest absolute Gasteiger partial charge is 0.0845 e. The topological polar surface area (TPSA) is 0 Å². The molecule has 0 saturated heterocycles. The van der Waals surface area contributed by atoms with E-state index in [0.29, 0.717) is 10.8 Å². The standard InChI is InChI=1S/C34H60.C3H8.C2H6/c1-5-6-7-8-9-10-11-12-13-14-15-16-17-28-19-21-31-30-20-18-29-26-27(2)22-24-34(29,4)32(30)23-25-33(28,31)3;1-3-2;1-2/h18,27-28,30-32H,5-17,19-26H2,1-4H3;3H2,1-2H3;1-2H3/t27-,28-,30?,31-,32-,33+,34-;;/m0../s1. The minimum Gasteiger partial charge on any atom is -0.0845 e. The zero-order valence-electron chi connectivity index (χ0n) is 28.5. The summed E-state index contributed by atoms with van der Waals surface area (Å²) in [6.07, 6.45) is 35.2. The van der Waals surface area contributed by atoms with Crippen LogP contribution in [0.2, 0.25) is 0 Å². The molecule has 0 heterocycles. The Morgan fingerprint density at radius 3 is 1.85 bits per heavy atom. The Bertz CT molecular complexity index is 659. The van der Waals surface area contributed by atoms with Crippen LogP contribution in [0.25, 0.3) is 0 Å². The highest BCUT2D eigenvalue weighted by molar-refractivity contribution is 5.25. The molecule has 0 aromatic heterocycles. The first kappa shape index (κ1) is 34.9. The monoisotopic (exact) mass is 543 g/mol. The normalized spacial score (nSPS) is 34.9. The van der Waals surface area contributed by atoms with E-state index in [4.69, 9.17) is 0 Å². The number of rotatable bonds is 13. The van der Waals surface area contributed by atoms with Crippen LogP contribution in [0.1, 0.15) is 197 Å². The van der Waals surface area contributed by atoms with Gasteiger partial charge in [0.2, 0.25) is 0 Å². The van der Waals surface area contributed by atoms with Gasteiger partial charge in [-0.05, 0) is 98.2 Å². The van der Waals surface area contributed by atoms with Gasteiger partial charge in [-0.15, -0.1) is 0 Å². The van der Waals surface area contributed by atoms with Crippen LogP contribution in [0.4, 0.5) is 0 Å². The highest BCUT2D eigenvalue weighted by Gasteiger charge is 2.58. The van der Waals surface area contributed by atoms with Crippen molar-refractivity contribution in [3.05, 3.63) is 11.6 Å². The van der Waals surface area contributed by atoms with Gasteiger partial charge >= 0.3 is 0 Å². The van der Waals surface area contributed by atoms with Gasteiger partial charge in [0.1, 0.15) is 0 Å². The van der Waals surface area contributed by atoms with Crippen molar-refractivity contribution in [2.45, 2.75) is 197 Å². The van der Waals surface area contributed by atoms with E-state index in [9.17, 15) is 0 Å². The van der Waals surface area contributed by atoms with Gasteiger partial charge in [0, 0.05) is 0 Å². The summed E-state index contributed by atoms with van der Waals surface area (Å²) in [4.78, 5) is 0. The van der Waals surface area contributed by atoms with E-state index in [-0.39, 0.29) is 0 Å². The van der Waals surface area contributed by atoms with Crippen LogP contribution in [0, 0.1) is 40.4 Å². The Kier molecular flexibility index (Phi) is 16.4. The first-order valence-corrected chi connectivity index (χ1v) is 18.6. The van der Waals surface area contributed by atoms with Crippen molar-refractivity contribution >= 4 is 0 Å². The molecule has 3 saturated carbocycles. The third kappa shape index (κ3) is 9.37. The second-order valence-corrected chi connectivity index (χ2v) is 14.8. The summed E-state index contributed by atoms with van der Waals surface area (Å²) < 4.78 is 0. The second-order valence-electron chi connectivity index (χ2n) is 14.8. The predicted molar refractivity (Wildman–Crippen MR) is 177 cm³/mol. The molecule has 39 heavy (non-hydrogen) atoms. The summed E-state index contributed by atoms with van der Waals surface area (Å²) in [5.74, 6) is 5.00. The fourth-order valence-corrected chi connectivity index (χ4v) is 9.66. The maximum Gasteiger partial charge on any atom is -0.00851 e. The van der Waals surface area contributed by atoms with Gasteiger partial charge in [0.05, 0.1) is 0 Å². The van der Waals surface area contributed by atoms with E-state index in [1.165, 1.54) is 122 Å². The second kappa shape index (κ2) is 18.3. The van der Waals surface area contributed by atoms with Gasteiger partial charge in [-0.25, -0.2) is 0 Å². The van der Waals surface area contributed by atoms with E-state index in [1.54, 1.807) is 19.3 Å². The fraction of sp³-hybridized carbons (Fsp3) is 0.949. The van der Waals surface area contributed by atoms with E-state index in [0.717, 1.165) is 29.6 Å². The maximum absolute atomic E-state index is 2.76. The molecule has 0 aromatic rings.